The van der Waals surface area contributed by atoms with Crippen LogP contribution in [0.15, 0.2) is 54.6 Å². The molecule has 0 bridgehead atoms. The average molecular weight is 349 g/mol. The summed E-state index contributed by atoms with van der Waals surface area (Å²) in [4.78, 5) is 24.6. The van der Waals surface area contributed by atoms with E-state index in [1.54, 1.807) is 35.2 Å². The van der Waals surface area contributed by atoms with Gasteiger partial charge in [0.25, 0.3) is 5.69 Å². The molecule has 0 fully saturated rings. The predicted molar refractivity (Wildman–Crippen MR) is 99.0 cm³/mol. The summed E-state index contributed by atoms with van der Waals surface area (Å²) >= 11 is 0. The Kier molecular flexibility index (Phi) is 6.23. The highest BCUT2D eigenvalue weighted by molar-refractivity contribution is 5.92. The van der Waals surface area contributed by atoms with E-state index in [-0.39, 0.29) is 17.6 Å². The molecule has 0 spiro atoms. The Morgan fingerprint density at radius 3 is 2.54 bits per heavy atom. The van der Waals surface area contributed by atoms with Crippen molar-refractivity contribution in [2.75, 3.05) is 0 Å². The summed E-state index contributed by atoms with van der Waals surface area (Å²) in [5.41, 5.74) is 2.07. The van der Waals surface area contributed by atoms with Gasteiger partial charge in [0, 0.05) is 30.8 Å². The van der Waals surface area contributed by atoms with Crippen LogP contribution in [0, 0.1) is 21.4 Å². The van der Waals surface area contributed by atoms with E-state index in [9.17, 15) is 14.9 Å². The predicted octanol–water partition coefficient (Wildman–Crippen LogP) is 3.92. The number of nitro benzene ring substituents is 1. The van der Waals surface area contributed by atoms with Gasteiger partial charge in [-0.05, 0) is 43.2 Å². The maximum atomic E-state index is 12.6. The lowest BCUT2D eigenvalue weighted by molar-refractivity contribution is -0.384. The van der Waals surface area contributed by atoms with Crippen LogP contribution in [0.4, 0.5) is 5.69 Å². The molecular weight excluding hydrogens is 330 g/mol. The number of nitriles is 1. The topological polar surface area (TPSA) is 87.2 Å². The lowest BCUT2D eigenvalue weighted by Gasteiger charge is -2.25. The number of nitro groups is 1. The molecule has 0 N–H and O–H groups in total. The Balaban J connectivity index is 2.13. The molecule has 2 aromatic carbocycles. The molecule has 0 aliphatic heterocycles. The number of benzene rings is 2. The number of carbonyl (C=O) groups excluding carboxylic acids is 1. The number of hydrogen-bond donors (Lipinski definition) is 0. The van der Waals surface area contributed by atoms with Crippen LogP contribution in [0.1, 0.15) is 30.5 Å². The second-order valence-corrected chi connectivity index (χ2v) is 6.05. The number of non-ortho nitro benzene ring substituents is 1. The Morgan fingerprint density at radius 2 is 1.96 bits per heavy atom. The van der Waals surface area contributed by atoms with Crippen LogP contribution in [0.3, 0.4) is 0 Å². The zero-order valence-electron chi connectivity index (χ0n) is 14.6. The highest BCUT2D eigenvalue weighted by Gasteiger charge is 2.15. The summed E-state index contributed by atoms with van der Waals surface area (Å²) in [7, 11) is 0. The number of hydrogen-bond acceptors (Lipinski definition) is 4. The SMILES string of the molecule is CC(C)N(Cc1ccc(C#N)cc1)C(=O)/C=C/c1cccc([N+](=O)[O-])c1. The van der Waals surface area contributed by atoms with E-state index in [0.29, 0.717) is 17.7 Å². The monoisotopic (exact) mass is 349 g/mol. The van der Waals surface area contributed by atoms with Crippen LogP contribution in [0.5, 0.6) is 0 Å². The van der Waals surface area contributed by atoms with Gasteiger partial charge < -0.3 is 4.90 Å². The molecule has 2 aromatic rings. The first-order chi connectivity index (χ1) is 12.4. The molecule has 2 rings (SSSR count). The second-order valence-electron chi connectivity index (χ2n) is 6.05. The zero-order chi connectivity index (χ0) is 19.1. The minimum atomic E-state index is -0.468. The van der Waals surface area contributed by atoms with Gasteiger partial charge in [0.15, 0.2) is 0 Å². The maximum Gasteiger partial charge on any atom is 0.270 e. The van der Waals surface area contributed by atoms with Gasteiger partial charge in [-0.3, -0.25) is 14.9 Å². The number of nitrogens with zero attached hydrogens (tertiary/aromatic N) is 3. The fourth-order valence-corrected chi connectivity index (χ4v) is 2.40. The number of carbonyl (C=O) groups is 1. The van der Waals surface area contributed by atoms with E-state index in [4.69, 9.17) is 5.26 Å². The fourth-order valence-electron chi connectivity index (χ4n) is 2.40. The van der Waals surface area contributed by atoms with Gasteiger partial charge in [-0.25, -0.2) is 0 Å². The zero-order valence-corrected chi connectivity index (χ0v) is 14.6. The third kappa shape index (κ3) is 5.02. The fraction of sp³-hybridized carbons (Fsp3) is 0.200. The Morgan fingerprint density at radius 1 is 1.27 bits per heavy atom. The van der Waals surface area contributed by atoms with E-state index in [1.165, 1.54) is 18.2 Å². The van der Waals surface area contributed by atoms with E-state index in [0.717, 1.165) is 5.56 Å². The van der Waals surface area contributed by atoms with Gasteiger partial charge in [0.05, 0.1) is 16.6 Å². The summed E-state index contributed by atoms with van der Waals surface area (Å²) < 4.78 is 0. The molecule has 0 atom stereocenters. The van der Waals surface area contributed by atoms with Gasteiger partial charge in [-0.15, -0.1) is 0 Å². The minimum absolute atomic E-state index is 0.0158. The molecule has 1 amide bonds. The van der Waals surface area contributed by atoms with Crippen molar-refractivity contribution in [3.63, 3.8) is 0 Å². The molecule has 132 valence electrons. The summed E-state index contributed by atoms with van der Waals surface area (Å²) in [5.74, 6) is -0.184. The van der Waals surface area contributed by atoms with Crippen molar-refractivity contribution in [3.8, 4) is 6.07 Å². The smallest absolute Gasteiger partial charge is 0.270 e. The molecule has 6 heteroatoms. The van der Waals surface area contributed by atoms with Crippen LogP contribution >= 0.6 is 0 Å². The summed E-state index contributed by atoms with van der Waals surface area (Å²) in [6.45, 7) is 4.26. The standard InChI is InChI=1S/C20H19N3O3/c1-15(2)22(14-18-8-6-17(13-21)7-9-18)20(24)11-10-16-4-3-5-19(12-16)23(25)26/h3-12,15H,14H2,1-2H3/b11-10+. The Labute approximate surface area is 152 Å². The highest BCUT2D eigenvalue weighted by Crippen LogP contribution is 2.15. The molecule has 0 aliphatic rings. The Hall–Kier alpha value is -3.46. The molecule has 26 heavy (non-hydrogen) atoms. The maximum absolute atomic E-state index is 12.6. The molecule has 0 heterocycles. The lowest BCUT2D eigenvalue weighted by Crippen LogP contribution is -2.35. The van der Waals surface area contributed by atoms with Gasteiger partial charge in [0.2, 0.25) is 5.91 Å². The van der Waals surface area contributed by atoms with Crippen molar-refractivity contribution in [1.82, 2.24) is 4.90 Å². The lowest BCUT2D eigenvalue weighted by atomic mass is 10.1. The molecule has 0 unspecified atom stereocenters. The van der Waals surface area contributed by atoms with Gasteiger partial charge in [-0.1, -0.05) is 24.3 Å². The molecule has 6 nitrogen and oxygen atoms in total. The quantitative estimate of drug-likeness (QED) is 0.449. The van der Waals surface area contributed by atoms with Crippen molar-refractivity contribution in [3.05, 3.63) is 81.4 Å². The van der Waals surface area contributed by atoms with Crippen molar-refractivity contribution in [2.45, 2.75) is 26.4 Å². The second kappa shape index (κ2) is 8.58. The third-order valence-corrected chi connectivity index (χ3v) is 3.84. The van der Waals surface area contributed by atoms with E-state index in [1.807, 2.05) is 26.0 Å². The molecule has 0 aromatic heterocycles. The summed E-state index contributed by atoms with van der Waals surface area (Å²) in [5, 5.41) is 19.7. The first kappa shape index (κ1) is 18.9. The largest absolute Gasteiger partial charge is 0.332 e. The van der Waals surface area contributed by atoms with Gasteiger partial charge in [-0.2, -0.15) is 5.26 Å². The normalized spacial score (nSPS) is 10.7. The first-order valence-corrected chi connectivity index (χ1v) is 8.13. The number of rotatable bonds is 6. The van der Waals surface area contributed by atoms with Crippen LogP contribution in [-0.2, 0) is 11.3 Å². The van der Waals surface area contributed by atoms with Gasteiger partial charge >= 0.3 is 0 Å². The average Bonchev–Trinajstić information content (AvgIpc) is 2.64. The Bertz CT molecular complexity index is 865. The van der Waals surface area contributed by atoms with Crippen LogP contribution in [0.2, 0.25) is 0 Å². The number of amides is 1. The van der Waals surface area contributed by atoms with Crippen molar-refractivity contribution >= 4 is 17.7 Å². The summed E-state index contributed by atoms with van der Waals surface area (Å²) in [6.07, 6.45) is 2.99. The van der Waals surface area contributed by atoms with Crippen molar-refractivity contribution < 1.29 is 9.72 Å². The molecule has 0 radical (unpaired) electrons. The van der Waals surface area contributed by atoms with Gasteiger partial charge in [0.1, 0.15) is 0 Å². The van der Waals surface area contributed by atoms with Crippen molar-refractivity contribution in [1.29, 1.82) is 5.26 Å². The van der Waals surface area contributed by atoms with Crippen LogP contribution in [0.25, 0.3) is 6.08 Å². The molecule has 0 saturated heterocycles. The summed E-state index contributed by atoms with van der Waals surface area (Å²) in [6, 6.07) is 15.2. The third-order valence-electron chi connectivity index (χ3n) is 3.84. The van der Waals surface area contributed by atoms with E-state index in [2.05, 4.69) is 6.07 Å². The highest BCUT2D eigenvalue weighted by atomic mass is 16.6. The van der Waals surface area contributed by atoms with Crippen molar-refractivity contribution in [2.24, 2.45) is 0 Å². The minimum Gasteiger partial charge on any atom is -0.332 e. The van der Waals surface area contributed by atoms with Crippen LogP contribution < -0.4 is 0 Å². The first-order valence-electron chi connectivity index (χ1n) is 8.13. The van der Waals surface area contributed by atoms with Crippen LogP contribution in [-0.4, -0.2) is 21.8 Å². The molecule has 0 aliphatic carbocycles. The molecular formula is C20H19N3O3. The molecule has 0 saturated carbocycles. The van der Waals surface area contributed by atoms with E-state index >= 15 is 0 Å². The van der Waals surface area contributed by atoms with E-state index < -0.39 is 4.92 Å².